The number of benzene rings is 1. The smallest absolute Gasteiger partial charge is 0.309 e. The number of carbonyl (C=O) groups is 2. The van der Waals surface area contributed by atoms with Crippen molar-refractivity contribution >= 4 is 39.4 Å². The van der Waals surface area contributed by atoms with Crippen molar-refractivity contribution in [2.24, 2.45) is 17.3 Å². The zero-order chi connectivity index (χ0) is 27.3. The average molecular weight is 528 g/mol. The number of allylic oxidation sites excluding steroid dienone is 1. The van der Waals surface area contributed by atoms with Crippen LogP contribution in [0.2, 0.25) is 0 Å². The molecular weight excluding hydrogens is 486 g/mol. The highest BCUT2D eigenvalue weighted by molar-refractivity contribution is 7.18. The quantitative estimate of drug-likeness (QED) is 0.366. The lowest BCUT2D eigenvalue weighted by atomic mass is 9.73. The van der Waals surface area contributed by atoms with Crippen LogP contribution in [0.4, 0.5) is 0 Å². The Morgan fingerprint density at radius 3 is 2.62 bits per heavy atom. The molecule has 1 aromatic heterocycles. The number of ether oxygens (including phenoxy) is 1. The minimum absolute atomic E-state index is 0.0490. The number of esters is 1. The third-order valence-electron chi connectivity index (χ3n) is 7.57. The van der Waals surface area contributed by atoms with Crippen LogP contribution in [0.1, 0.15) is 77.3 Å². The first-order valence-electron chi connectivity index (χ1n) is 13.2. The Morgan fingerprint density at radius 1 is 1.16 bits per heavy atom. The number of hydrogen-bond acceptors (Lipinski definition) is 7. The van der Waals surface area contributed by atoms with Gasteiger partial charge in [0.25, 0.3) is 0 Å². The van der Waals surface area contributed by atoms with Crippen LogP contribution in [0.25, 0.3) is 16.3 Å². The molecule has 0 spiro atoms. The summed E-state index contributed by atoms with van der Waals surface area (Å²) in [5.41, 5.74) is 1.90. The van der Waals surface area contributed by atoms with E-state index in [1.807, 2.05) is 44.2 Å². The number of thiazole rings is 1. The van der Waals surface area contributed by atoms with Crippen molar-refractivity contribution in [3.05, 3.63) is 46.5 Å². The molecule has 2 aromatic rings. The molecule has 1 aliphatic heterocycles. The Kier molecular flexibility index (Phi) is 9.84. The molecule has 0 amide bonds. The predicted octanol–water partition coefficient (Wildman–Crippen LogP) is 6.03. The third kappa shape index (κ3) is 7.59. The number of ketones is 1. The summed E-state index contributed by atoms with van der Waals surface area (Å²) < 4.78 is 6.90. The van der Waals surface area contributed by atoms with Gasteiger partial charge in [0, 0.05) is 12.3 Å². The number of aromatic nitrogens is 1. The minimum Gasteiger partial charge on any atom is -0.458 e. The molecule has 2 heterocycles. The number of hydrogen-bond donors (Lipinski definition) is 2. The third-order valence-corrected chi connectivity index (χ3v) is 8.52. The molecule has 0 aliphatic carbocycles. The summed E-state index contributed by atoms with van der Waals surface area (Å²) in [7, 11) is 0. The van der Waals surface area contributed by atoms with Gasteiger partial charge in [0.05, 0.1) is 39.3 Å². The first-order valence-corrected chi connectivity index (χ1v) is 14.0. The molecule has 0 unspecified atom stereocenters. The summed E-state index contributed by atoms with van der Waals surface area (Å²) in [5.74, 6) is -1.51. The predicted molar refractivity (Wildman–Crippen MR) is 149 cm³/mol. The van der Waals surface area contributed by atoms with Crippen molar-refractivity contribution in [2.75, 3.05) is 0 Å². The molecule has 7 heteroatoms. The lowest BCUT2D eigenvalue weighted by Crippen LogP contribution is -2.45. The highest BCUT2D eigenvalue weighted by Crippen LogP contribution is 2.32. The van der Waals surface area contributed by atoms with Crippen LogP contribution in [0.3, 0.4) is 0 Å². The minimum atomic E-state index is -1.22. The SMILES string of the molecule is C/C1=C/C[C@@H](/C=C/c2ccc3sc(C)nc3c2)OC(=O)C[C@H](O)C(C)(C)C(=O)[C@H](C)[C@@H](O)[C@@H](C)CCC1. The van der Waals surface area contributed by atoms with E-state index in [-0.39, 0.29) is 18.1 Å². The summed E-state index contributed by atoms with van der Waals surface area (Å²) in [5, 5.41) is 22.7. The normalized spacial score (nSPS) is 30.3. The van der Waals surface area contributed by atoms with Gasteiger partial charge in [0.1, 0.15) is 11.9 Å². The van der Waals surface area contributed by atoms with Gasteiger partial charge in [0.15, 0.2) is 0 Å². The number of fused-ring (bicyclic) bond motifs is 1. The molecule has 1 aromatic carbocycles. The first kappa shape index (κ1) is 29.2. The summed E-state index contributed by atoms with van der Waals surface area (Å²) >= 11 is 1.65. The van der Waals surface area contributed by atoms with Gasteiger partial charge in [-0.15, -0.1) is 11.3 Å². The molecule has 0 radical (unpaired) electrons. The molecular formula is C30H41NO5S. The molecule has 6 nitrogen and oxygen atoms in total. The van der Waals surface area contributed by atoms with Gasteiger partial charge in [0.2, 0.25) is 0 Å². The lowest BCUT2D eigenvalue weighted by molar-refractivity contribution is -0.153. The molecule has 0 bridgehead atoms. The number of aliphatic hydroxyl groups is 2. The molecule has 3 rings (SSSR count). The van der Waals surface area contributed by atoms with Crippen molar-refractivity contribution in [1.29, 1.82) is 0 Å². The van der Waals surface area contributed by atoms with Gasteiger partial charge in [-0.25, -0.2) is 4.98 Å². The second-order valence-electron chi connectivity index (χ2n) is 11.1. The second kappa shape index (κ2) is 12.5. The fraction of sp³-hybridized carbons (Fsp3) is 0.567. The average Bonchev–Trinajstić information content (AvgIpc) is 3.22. The van der Waals surface area contributed by atoms with Crippen LogP contribution in [-0.4, -0.2) is 45.3 Å². The Hall–Kier alpha value is -2.35. The van der Waals surface area contributed by atoms with Crippen molar-refractivity contribution in [2.45, 2.75) is 92.0 Å². The number of nitrogens with zero attached hydrogens (tertiary/aromatic N) is 1. The van der Waals surface area contributed by atoms with Crippen molar-refractivity contribution in [3.63, 3.8) is 0 Å². The zero-order valence-corrected chi connectivity index (χ0v) is 23.7. The molecule has 0 saturated heterocycles. The number of carbonyl (C=O) groups excluding carboxylic acids is 2. The van der Waals surface area contributed by atoms with Crippen molar-refractivity contribution < 1.29 is 24.5 Å². The van der Waals surface area contributed by atoms with E-state index in [0.29, 0.717) is 6.42 Å². The van der Waals surface area contributed by atoms with E-state index in [0.717, 1.165) is 40.1 Å². The Labute approximate surface area is 224 Å². The van der Waals surface area contributed by atoms with Crippen LogP contribution in [0.15, 0.2) is 35.9 Å². The maximum atomic E-state index is 13.2. The molecule has 0 fully saturated rings. The summed E-state index contributed by atoms with van der Waals surface area (Å²) in [6, 6.07) is 6.08. The lowest BCUT2D eigenvalue weighted by Gasteiger charge is -2.34. The van der Waals surface area contributed by atoms with Crippen LogP contribution >= 0.6 is 11.3 Å². The topological polar surface area (TPSA) is 96.7 Å². The van der Waals surface area contributed by atoms with Gasteiger partial charge in [-0.2, -0.15) is 0 Å². The molecule has 0 saturated carbocycles. The van der Waals surface area contributed by atoms with Crippen LogP contribution in [0.5, 0.6) is 0 Å². The summed E-state index contributed by atoms with van der Waals surface area (Å²) in [6.07, 6.45) is 6.14. The first-order chi connectivity index (χ1) is 17.4. The molecule has 37 heavy (non-hydrogen) atoms. The molecule has 2 N–H and O–H groups in total. The van der Waals surface area contributed by atoms with Gasteiger partial charge >= 0.3 is 5.97 Å². The maximum Gasteiger partial charge on any atom is 0.309 e. The van der Waals surface area contributed by atoms with Gasteiger partial charge < -0.3 is 14.9 Å². The van der Waals surface area contributed by atoms with Crippen molar-refractivity contribution in [1.82, 2.24) is 4.98 Å². The number of aryl methyl sites for hydroxylation is 1. The largest absolute Gasteiger partial charge is 0.458 e. The number of cyclic esters (lactones) is 1. The molecule has 5 atom stereocenters. The van der Waals surface area contributed by atoms with Gasteiger partial charge in [-0.3, -0.25) is 9.59 Å². The molecule has 202 valence electrons. The monoisotopic (exact) mass is 527 g/mol. The van der Waals surface area contributed by atoms with E-state index in [2.05, 4.69) is 18.0 Å². The number of aliphatic hydroxyl groups excluding tert-OH is 2. The Balaban J connectivity index is 1.83. The van der Waals surface area contributed by atoms with Gasteiger partial charge in [-0.05, 0) is 62.8 Å². The fourth-order valence-electron chi connectivity index (χ4n) is 4.87. The summed E-state index contributed by atoms with van der Waals surface area (Å²) in [4.78, 5) is 30.6. The van der Waals surface area contributed by atoms with E-state index in [1.165, 1.54) is 5.57 Å². The Morgan fingerprint density at radius 2 is 1.89 bits per heavy atom. The van der Waals surface area contributed by atoms with E-state index < -0.39 is 35.6 Å². The van der Waals surface area contributed by atoms with Gasteiger partial charge in [-0.1, -0.05) is 51.5 Å². The van der Waals surface area contributed by atoms with Crippen LogP contribution in [0, 0.1) is 24.2 Å². The maximum absolute atomic E-state index is 13.2. The molecule has 1 aliphatic rings. The highest BCUT2D eigenvalue weighted by atomic mass is 32.1. The second-order valence-corrected chi connectivity index (χ2v) is 12.3. The van der Waals surface area contributed by atoms with E-state index in [9.17, 15) is 19.8 Å². The number of rotatable bonds is 2. The van der Waals surface area contributed by atoms with E-state index in [1.54, 1.807) is 32.1 Å². The summed E-state index contributed by atoms with van der Waals surface area (Å²) in [6.45, 7) is 11.0. The fourth-order valence-corrected chi connectivity index (χ4v) is 5.68. The standard InChI is InChI=1S/C30H41NO5S/c1-18-8-7-9-19(2)28(34)20(3)29(35)30(5,6)26(32)17-27(33)36-23(13-10-18)14-11-22-12-15-25-24(16-22)31-21(4)37-25/h10-12,14-16,19-20,23,26,28,32,34H,7-9,13,17H2,1-6H3/b14-11+,18-10-/t19-,20+,23-,26-,28-/m0/s1. The van der Waals surface area contributed by atoms with Crippen LogP contribution in [-0.2, 0) is 14.3 Å². The number of Topliss-reactive ketones (excluding diaryl/α,β-unsaturated/α-hetero) is 1. The zero-order valence-electron chi connectivity index (χ0n) is 22.9. The van der Waals surface area contributed by atoms with E-state index in [4.69, 9.17) is 4.74 Å². The van der Waals surface area contributed by atoms with Crippen LogP contribution < -0.4 is 0 Å². The van der Waals surface area contributed by atoms with Crippen molar-refractivity contribution in [3.8, 4) is 0 Å². The van der Waals surface area contributed by atoms with E-state index >= 15 is 0 Å². The Bertz CT molecular complexity index is 1160. The highest BCUT2D eigenvalue weighted by Gasteiger charge is 2.42.